The number of nitrogens with zero attached hydrogens (tertiary/aromatic N) is 2. The van der Waals surface area contributed by atoms with Crippen molar-refractivity contribution in [3.63, 3.8) is 0 Å². The third-order valence-electron chi connectivity index (χ3n) is 7.04. The molecule has 0 saturated carbocycles. The number of nitrogens with one attached hydrogen (secondary N) is 2. The second-order valence-corrected chi connectivity index (χ2v) is 9.41. The molecule has 10 heteroatoms. The van der Waals surface area contributed by atoms with E-state index in [1.807, 2.05) is 6.07 Å². The second kappa shape index (κ2) is 10.6. The molecule has 5 rings (SSSR count). The number of anilines is 2. The molecule has 0 spiro atoms. The SMILES string of the molecule is COc1cc(OCCN2CCCCC2)ccc1Nc1cccc2c1C(=O)N(C1CCC(=O)NC1=O)C2=O. The Bertz CT molecular complexity index is 1240. The Hall–Kier alpha value is -3.92. The summed E-state index contributed by atoms with van der Waals surface area (Å²) < 4.78 is 11.5. The number of likely N-dealkylation sites (tertiary alicyclic amines) is 1. The number of imide groups is 2. The summed E-state index contributed by atoms with van der Waals surface area (Å²) in [5, 5.41) is 5.42. The van der Waals surface area contributed by atoms with E-state index in [1.165, 1.54) is 19.3 Å². The van der Waals surface area contributed by atoms with Crippen LogP contribution in [-0.2, 0) is 9.59 Å². The Morgan fingerprint density at radius 2 is 1.81 bits per heavy atom. The van der Waals surface area contributed by atoms with Crippen molar-refractivity contribution in [2.24, 2.45) is 0 Å². The predicted molar refractivity (Wildman–Crippen MR) is 135 cm³/mol. The number of carbonyl (C=O) groups excluding carboxylic acids is 4. The van der Waals surface area contributed by atoms with Gasteiger partial charge in [0.05, 0.1) is 29.6 Å². The molecular weight excluding hydrogens is 476 g/mol. The van der Waals surface area contributed by atoms with Gasteiger partial charge in [-0.25, -0.2) is 0 Å². The molecular formula is C27H30N4O6. The smallest absolute Gasteiger partial charge is 0.264 e. The molecule has 2 aromatic carbocycles. The number of piperidine rings is 2. The van der Waals surface area contributed by atoms with Crippen molar-refractivity contribution in [2.75, 3.05) is 38.7 Å². The van der Waals surface area contributed by atoms with Crippen molar-refractivity contribution < 1.29 is 28.7 Å². The average Bonchev–Trinajstić information content (AvgIpc) is 3.16. The van der Waals surface area contributed by atoms with Gasteiger partial charge in [0.15, 0.2) is 0 Å². The minimum atomic E-state index is -1.02. The van der Waals surface area contributed by atoms with Gasteiger partial charge >= 0.3 is 0 Å². The molecule has 2 saturated heterocycles. The van der Waals surface area contributed by atoms with E-state index in [9.17, 15) is 19.2 Å². The molecule has 1 unspecified atom stereocenters. The number of carbonyl (C=O) groups is 4. The first-order chi connectivity index (χ1) is 18.0. The number of benzene rings is 2. The number of methoxy groups -OCH3 is 1. The lowest BCUT2D eigenvalue weighted by Crippen LogP contribution is -2.54. The lowest BCUT2D eigenvalue weighted by molar-refractivity contribution is -0.136. The molecule has 194 valence electrons. The van der Waals surface area contributed by atoms with Crippen molar-refractivity contribution >= 4 is 35.0 Å². The summed E-state index contributed by atoms with van der Waals surface area (Å²) in [6.07, 6.45) is 3.93. The monoisotopic (exact) mass is 506 g/mol. The fourth-order valence-electron chi connectivity index (χ4n) is 5.10. The van der Waals surface area contributed by atoms with E-state index < -0.39 is 29.7 Å². The van der Waals surface area contributed by atoms with Crippen LogP contribution < -0.4 is 20.1 Å². The van der Waals surface area contributed by atoms with Gasteiger partial charge in [0.1, 0.15) is 24.1 Å². The Balaban J connectivity index is 1.32. The predicted octanol–water partition coefficient (Wildman–Crippen LogP) is 2.70. The maximum absolute atomic E-state index is 13.3. The van der Waals surface area contributed by atoms with Crippen molar-refractivity contribution in [3.8, 4) is 11.5 Å². The van der Waals surface area contributed by atoms with E-state index in [-0.39, 0.29) is 24.0 Å². The molecule has 3 heterocycles. The van der Waals surface area contributed by atoms with Crippen molar-refractivity contribution in [2.45, 2.75) is 38.1 Å². The minimum Gasteiger partial charge on any atom is -0.494 e. The molecule has 37 heavy (non-hydrogen) atoms. The molecule has 2 N–H and O–H groups in total. The number of amides is 4. The van der Waals surface area contributed by atoms with Gasteiger partial charge in [-0.05, 0) is 56.6 Å². The fraction of sp³-hybridized carbons (Fsp3) is 0.407. The van der Waals surface area contributed by atoms with Crippen LogP contribution in [0.5, 0.6) is 11.5 Å². The summed E-state index contributed by atoms with van der Waals surface area (Å²) in [6, 6.07) is 9.31. The van der Waals surface area contributed by atoms with Gasteiger partial charge in [-0.1, -0.05) is 12.5 Å². The van der Waals surface area contributed by atoms with Crippen molar-refractivity contribution in [3.05, 3.63) is 47.5 Å². The summed E-state index contributed by atoms with van der Waals surface area (Å²) >= 11 is 0. The van der Waals surface area contributed by atoms with Crippen molar-refractivity contribution in [1.29, 1.82) is 0 Å². The first-order valence-electron chi connectivity index (χ1n) is 12.6. The standard InChI is InChI=1S/C27H30N4O6/c1-36-22-16-17(37-15-14-30-12-3-2-4-13-30)8-9-19(22)28-20-7-5-6-18-24(20)27(35)31(26(18)34)21-10-11-23(32)29-25(21)33/h5-9,16,21,28H,2-4,10-15H2,1H3,(H,29,32,33). The average molecular weight is 507 g/mol. The lowest BCUT2D eigenvalue weighted by atomic mass is 10.0. The molecule has 3 aliphatic heterocycles. The molecule has 2 aromatic rings. The summed E-state index contributed by atoms with van der Waals surface area (Å²) in [7, 11) is 1.55. The number of fused-ring (bicyclic) bond motifs is 1. The van der Waals surface area contributed by atoms with Crippen LogP contribution in [0.1, 0.15) is 52.8 Å². The Kier molecular flexibility index (Phi) is 7.09. The highest BCUT2D eigenvalue weighted by Gasteiger charge is 2.45. The summed E-state index contributed by atoms with van der Waals surface area (Å²) in [6.45, 7) is 3.67. The second-order valence-electron chi connectivity index (χ2n) is 9.41. The molecule has 10 nitrogen and oxygen atoms in total. The number of hydrogen-bond donors (Lipinski definition) is 2. The molecule has 0 aromatic heterocycles. The molecule has 3 aliphatic rings. The highest BCUT2D eigenvalue weighted by atomic mass is 16.5. The quantitative estimate of drug-likeness (QED) is 0.525. The van der Waals surface area contributed by atoms with Crippen LogP contribution in [0.15, 0.2) is 36.4 Å². The first kappa shape index (κ1) is 24.8. The van der Waals surface area contributed by atoms with Crippen molar-refractivity contribution in [1.82, 2.24) is 15.1 Å². The first-order valence-corrected chi connectivity index (χ1v) is 12.6. The van der Waals surface area contributed by atoms with Gasteiger partial charge in [0.2, 0.25) is 11.8 Å². The lowest BCUT2D eigenvalue weighted by Gasteiger charge is -2.27. The Morgan fingerprint density at radius 1 is 1.00 bits per heavy atom. The normalized spacial score (nSPS) is 20.0. The van der Waals surface area contributed by atoms with E-state index in [0.29, 0.717) is 29.5 Å². The number of rotatable bonds is 8. The van der Waals surface area contributed by atoms with Crippen LogP contribution in [0, 0.1) is 0 Å². The van der Waals surface area contributed by atoms with Gasteiger partial charge in [0, 0.05) is 19.0 Å². The maximum atomic E-state index is 13.3. The molecule has 0 radical (unpaired) electrons. The van der Waals surface area contributed by atoms with E-state index in [2.05, 4.69) is 15.5 Å². The Morgan fingerprint density at radius 3 is 2.57 bits per heavy atom. The van der Waals surface area contributed by atoms with Crippen LogP contribution in [0.25, 0.3) is 0 Å². The largest absolute Gasteiger partial charge is 0.494 e. The van der Waals surface area contributed by atoms with E-state index in [4.69, 9.17) is 9.47 Å². The van der Waals surface area contributed by atoms with Gasteiger partial charge in [-0.3, -0.25) is 34.3 Å². The van der Waals surface area contributed by atoms with Crippen LogP contribution in [-0.4, -0.2) is 72.8 Å². The zero-order chi connectivity index (χ0) is 25.9. The molecule has 0 aliphatic carbocycles. The van der Waals surface area contributed by atoms with Crippen LogP contribution in [0.2, 0.25) is 0 Å². The number of hydrogen-bond acceptors (Lipinski definition) is 8. The molecule has 1 atom stereocenters. The summed E-state index contributed by atoms with van der Waals surface area (Å²) in [5.74, 6) is -0.985. The Labute approximate surface area is 214 Å². The topological polar surface area (TPSA) is 117 Å². The van der Waals surface area contributed by atoms with Gasteiger partial charge in [-0.2, -0.15) is 0 Å². The third-order valence-corrected chi connectivity index (χ3v) is 7.04. The van der Waals surface area contributed by atoms with E-state index in [0.717, 1.165) is 24.5 Å². The summed E-state index contributed by atoms with van der Waals surface area (Å²) in [4.78, 5) is 53.7. The maximum Gasteiger partial charge on any atom is 0.264 e. The molecule has 0 bridgehead atoms. The minimum absolute atomic E-state index is 0.0680. The zero-order valence-corrected chi connectivity index (χ0v) is 20.7. The summed E-state index contributed by atoms with van der Waals surface area (Å²) in [5.41, 5.74) is 1.40. The van der Waals surface area contributed by atoms with Gasteiger partial charge in [-0.15, -0.1) is 0 Å². The number of ether oxygens (including phenoxy) is 2. The molecule has 2 fully saturated rings. The third kappa shape index (κ3) is 5.01. The van der Waals surface area contributed by atoms with E-state index >= 15 is 0 Å². The van der Waals surface area contributed by atoms with Gasteiger partial charge < -0.3 is 14.8 Å². The van der Waals surface area contributed by atoms with Crippen LogP contribution in [0.3, 0.4) is 0 Å². The highest BCUT2D eigenvalue weighted by molar-refractivity contribution is 6.25. The van der Waals surface area contributed by atoms with Crippen LogP contribution in [0.4, 0.5) is 11.4 Å². The molecule has 4 amide bonds. The zero-order valence-electron chi connectivity index (χ0n) is 20.7. The van der Waals surface area contributed by atoms with Crippen LogP contribution >= 0.6 is 0 Å². The van der Waals surface area contributed by atoms with Gasteiger partial charge in [0.25, 0.3) is 11.8 Å². The fourth-order valence-corrected chi connectivity index (χ4v) is 5.10. The highest BCUT2D eigenvalue weighted by Crippen LogP contribution is 2.37. The van der Waals surface area contributed by atoms with E-state index in [1.54, 1.807) is 37.4 Å².